The van der Waals surface area contributed by atoms with E-state index in [-0.39, 0.29) is 35.4 Å². The van der Waals surface area contributed by atoms with E-state index in [1.807, 2.05) is 0 Å². The van der Waals surface area contributed by atoms with E-state index in [4.69, 9.17) is 31.1 Å². The molecule has 0 unspecified atom stereocenters. The van der Waals surface area contributed by atoms with E-state index < -0.39 is 17.5 Å². The van der Waals surface area contributed by atoms with Crippen molar-refractivity contribution in [3.05, 3.63) is 94.6 Å². The molecule has 2 aliphatic heterocycles. The Labute approximate surface area is 251 Å². The van der Waals surface area contributed by atoms with Crippen molar-refractivity contribution in [2.45, 2.75) is 38.6 Å². The lowest BCUT2D eigenvalue weighted by molar-refractivity contribution is -0.0591. The van der Waals surface area contributed by atoms with Crippen molar-refractivity contribution in [3.8, 4) is 5.75 Å². The molecule has 1 saturated heterocycles. The lowest BCUT2D eigenvalue weighted by Crippen LogP contribution is -2.33. The number of nitrogens with two attached hydrogens (primary N) is 2. The van der Waals surface area contributed by atoms with Crippen LogP contribution in [0.5, 0.6) is 5.75 Å². The van der Waals surface area contributed by atoms with Gasteiger partial charge in [-0.3, -0.25) is 14.7 Å². The van der Waals surface area contributed by atoms with Crippen LogP contribution in [0.15, 0.2) is 59.9 Å². The number of carbonyl (C=O) groups is 1. The summed E-state index contributed by atoms with van der Waals surface area (Å²) in [7, 11) is 0. The number of imidazole rings is 1. The molecule has 4 heterocycles. The SMILES string of the molecule is NC(=O)c1ccc(COc2cc(C3=CCN(Cc4nc5cc(C(N)=NO)ncc5n4C[C@@H]4CCO4)CC3)ccc2F)c(F)c1. The second-order valence-electron chi connectivity index (χ2n) is 10.8. The normalized spacial score (nSPS) is 17.4. The summed E-state index contributed by atoms with van der Waals surface area (Å²) < 4.78 is 42.4. The van der Waals surface area contributed by atoms with E-state index in [0.29, 0.717) is 30.8 Å². The first-order valence-electron chi connectivity index (χ1n) is 14.2. The standard InChI is InChI=1S/C31H31F2N7O4/c32-23-4-3-19(12-28(23)44-17-21-2-1-20(31(35)41)11-24(21)33)18-5-8-39(9-6-18)16-29-37-25-13-26(30(34)38-42)36-14-27(25)40(29)15-22-7-10-43-22/h1-5,11-14,22,42H,6-10,15-17H2,(H2,34,38)(H2,35,41)/t22-/m0/s1. The van der Waals surface area contributed by atoms with E-state index >= 15 is 0 Å². The van der Waals surface area contributed by atoms with Gasteiger partial charge in [-0.25, -0.2) is 13.8 Å². The second kappa shape index (κ2) is 12.4. The molecular formula is C31H31F2N7O4. The highest BCUT2D eigenvalue weighted by atomic mass is 19.1. The third-order valence-electron chi connectivity index (χ3n) is 7.94. The highest BCUT2D eigenvalue weighted by Crippen LogP contribution is 2.29. The third-order valence-corrected chi connectivity index (χ3v) is 7.94. The zero-order valence-electron chi connectivity index (χ0n) is 23.7. The highest BCUT2D eigenvalue weighted by Gasteiger charge is 2.24. The molecule has 5 N–H and O–H groups in total. The number of primary amides is 1. The van der Waals surface area contributed by atoms with Crippen molar-refractivity contribution in [2.24, 2.45) is 16.6 Å². The molecule has 0 radical (unpaired) electrons. The van der Waals surface area contributed by atoms with Crippen LogP contribution in [0.1, 0.15) is 45.8 Å². The Morgan fingerprint density at radius 3 is 2.68 bits per heavy atom. The number of aromatic nitrogens is 3. The molecule has 0 saturated carbocycles. The minimum atomic E-state index is -0.734. The molecule has 44 heavy (non-hydrogen) atoms. The molecule has 13 heteroatoms. The van der Waals surface area contributed by atoms with Gasteiger partial charge in [0, 0.05) is 30.8 Å². The Bertz CT molecular complexity index is 1780. The van der Waals surface area contributed by atoms with Gasteiger partial charge in [0.25, 0.3) is 0 Å². The van der Waals surface area contributed by atoms with Crippen LogP contribution in [0.2, 0.25) is 0 Å². The van der Waals surface area contributed by atoms with Crippen molar-refractivity contribution in [2.75, 3.05) is 19.7 Å². The third kappa shape index (κ3) is 6.10. The average molecular weight is 604 g/mol. The number of hydrogen-bond acceptors (Lipinski definition) is 8. The predicted molar refractivity (Wildman–Crippen MR) is 158 cm³/mol. The number of fused-ring (bicyclic) bond motifs is 1. The number of oxime groups is 1. The Balaban J connectivity index is 1.16. The maximum atomic E-state index is 14.6. The van der Waals surface area contributed by atoms with Crippen molar-refractivity contribution in [1.82, 2.24) is 19.4 Å². The van der Waals surface area contributed by atoms with Crippen LogP contribution in [0.4, 0.5) is 8.78 Å². The van der Waals surface area contributed by atoms with Crippen molar-refractivity contribution < 1.29 is 28.3 Å². The van der Waals surface area contributed by atoms with Gasteiger partial charge >= 0.3 is 0 Å². The number of halogens is 2. The Hall–Kier alpha value is -4.88. The Morgan fingerprint density at radius 2 is 2.00 bits per heavy atom. The van der Waals surface area contributed by atoms with Crippen molar-refractivity contribution >= 4 is 28.3 Å². The molecule has 0 bridgehead atoms. The summed E-state index contributed by atoms with van der Waals surface area (Å²) in [6.45, 7) is 3.17. The zero-order chi connectivity index (χ0) is 30.8. The summed E-state index contributed by atoms with van der Waals surface area (Å²) in [6, 6.07) is 10.2. The number of benzene rings is 2. The number of amides is 1. The second-order valence-corrected chi connectivity index (χ2v) is 10.8. The van der Waals surface area contributed by atoms with Crippen molar-refractivity contribution in [3.63, 3.8) is 0 Å². The summed E-state index contributed by atoms with van der Waals surface area (Å²) >= 11 is 0. The van der Waals surface area contributed by atoms with Crippen LogP contribution in [0.25, 0.3) is 16.6 Å². The van der Waals surface area contributed by atoms with Gasteiger partial charge < -0.3 is 30.7 Å². The molecule has 2 aromatic carbocycles. The smallest absolute Gasteiger partial charge is 0.248 e. The number of pyridine rings is 1. The number of ether oxygens (including phenoxy) is 2. The van der Waals surface area contributed by atoms with E-state index in [9.17, 15) is 13.6 Å². The fraction of sp³-hybridized carbons (Fsp3) is 0.290. The van der Waals surface area contributed by atoms with Gasteiger partial charge in [0.15, 0.2) is 17.4 Å². The van der Waals surface area contributed by atoms with Gasteiger partial charge in [-0.2, -0.15) is 0 Å². The average Bonchev–Trinajstić information content (AvgIpc) is 3.34. The van der Waals surface area contributed by atoms with Crippen LogP contribution in [-0.2, 0) is 24.4 Å². The van der Waals surface area contributed by atoms with Crippen LogP contribution in [0.3, 0.4) is 0 Å². The molecule has 0 spiro atoms. The maximum absolute atomic E-state index is 14.6. The largest absolute Gasteiger partial charge is 0.486 e. The minimum absolute atomic E-state index is 0.0102. The van der Waals surface area contributed by atoms with E-state index in [0.717, 1.165) is 54.5 Å². The van der Waals surface area contributed by atoms with Crippen LogP contribution < -0.4 is 16.2 Å². The van der Waals surface area contributed by atoms with Crippen LogP contribution in [0, 0.1) is 11.6 Å². The topological polar surface area (TPSA) is 154 Å². The van der Waals surface area contributed by atoms with Crippen LogP contribution >= 0.6 is 0 Å². The quantitative estimate of drug-likeness (QED) is 0.108. The molecule has 4 aromatic rings. The van der Waals surface area contributed by atoms with Crippen molar-refractivity contribution in [1.29, 1.82) is 0 Å². The molecule has 1 fully saturated rings. The van der Waals surface area contributed by atoms with Gasteiger partial charge in [-0.15, -0.1) is 0 Å². The fourth-order valence-electron chi connectivity index (χ4n) is 5.33. The van der Waals surface area contributed by atoms with Gasteiger partial charge in [0.05, 0.1) is 36.4 Å². The van der Waals surface area contributed by atoms with Crippen LogP contribution in [-0.4, -0.2) is 62.2 Å². The first-order chi connectivity index (χ1) is 21.3. The maximum Gasteiger partial charge on any atom is 0.248 e. The molecule has 228 valence electrons. The Kier molecular flexibility index (Phi) is 8.22. The summed E-state index contributed by atoms with van der Waals surface area (Å²) in [5, 5.41) is 12.1. The summed E-state index contributed by atoms with van der Waals surface area (Å²) in [6.07, 6.45) is 5.59. The van der Waals surface area contributed by atoms with Gasteiger partial charge in [-0.1, -0.05) is 23.4 Å². The fourth-order valence-corrected chi connectivity index (χ4v) is 5.33. The highest BCUT2D eigenvalue weighted by molar-refractivity contribution is 5.97. The van der Waals surface area contributed by atoms with E-state index in [1.165, 1.54) is 18.2 Å². The lowest BCUT2D eigenvalue weighted by atomic mass is 9.99. The van der Waals surface area contributed by atoms with E-state index in [1.54, 1.807) is 24.4 Å². The molecule has 6 rings (SSSR count). The number of hydrogen-bond donors (Lipinski definition) is 3. The number of rotatable bonds is 10. The molecule has 0 aliphatic carbocycles. The minimum Gasteiger partial charge on any atom is -0.486 e. The molecule has 1 atom stereocenters. The number of carbonyl (C=O) groups excluding carboxylic acids is 1. The number of amidine groups is 1. The molecule has 2 aromatic heterocycles. The summed E-state index contributed by atoms with van der Waals surface area (Å²) in [4.78, 5) is 22.7. The number of nitrogens with zero attached hydrogens (tertiary/aromatic N) is 5. The van der Waals surface area contributed by atoms with E-state index in [2.05, 4.69) is 25.7 Å². The summed E-state index contributed by atoms with van der Waals surface area (Å²) in [5.74, 6) is -1.15. The Morgan fingerprint density at radius 1 is 1.16 bits per heavy atom. The first kappa shape index (κ1) is 29.2. The zero-order valence-corrected chi connectivity index (χ0v) is 23.7. The molecule has 1 amide bonds. The summed E-state index contributed by atoms with van der Waals surface area (Å²) in [5.41, 5.74) is 14.9. The van der Waals surface area contributed by atoms with Gasteiger partial charge in [-0.05, 0) is 54.3 Å². The monoisotopic (exact) mass is 603 g/mol. The molecule has 11 nitrogen and oxygen atoms in total. The first-order valence-corrected chi connectivity index (χ1v) is 14.2. The lowest BCUT2D eigenvalue weighted by Gasteiger charge is -2.29. The van der Waals surface area contributed by atoms with Gasteiger partial charge in [0.2, 0.25) is 5.91 Å². The molecular weight excluding hydrogens is 572 g/mol. The molecule has 2 aliphatic rings. The van der Waals surface area contributed by atoms with Gasteiger partial charge in [0.1, 0.15) is 23.9 Å². The predicted octanol–water partition coefficient (Wildman–Crippen LogP) is 3.56.